The minimum atomic E-state index is -0.575. The van der Waals surface area contributed by atoms with E-state index in [1.54, 1.807) is 34.8 Å². The molecule has 2 aromatic heterocycles. The summed E-state index contributed by atoms with van der Waals surface area (Å²) in [6, 6.07) is 6.19. The van der Waals surface area contributed by atoms with Gasteiger partial charge in [0.2, 0.25) is 11.8 Å². The first kappa shape index (κ1) is 14.5. The van der Waals surface area contributed by atoms with Crippen LogP contribution in [0.4, 0.5) is 4.39 Å². The van der Waals surface area contributed by atoms with Gasteiger partial charge in [-0.2, -0.15) is 14.5 Å². The highest BCUT2D eigenvalue weighted by molar-refractivity contribution is 5.92. The van der Waals surface area contributed by atoms with Crippen molar-refractivity contribution in [2.24, 2.45) is 7.05 Å². The van der Waals surface area contributed by atoms with Crippen molar-refractivity contribution < 1.29 is 13.9 Å². The summed E-state index contributed by atoms with van der Waals surface area (Å²) in [5.41, 5.74) is 1.36. The van der Waals surface area contributed by atoms with E-state index in [1.807, 2.05) is 6.92 Å². The van der Waals surface area contributed by atoms with Crippen molar-refractivity contribution in [2.45, 2.75) is 19.4 Å². The Bertz CT molecular complexity index is 701. The lowest BCUT2D eigenvalue weighted by Gasteiger charge is -2.16. The fraction of sp³-hybridized carbons (Fsp3) is 0.400. The maximum absolute atomic E-state index is 13.0. The predicted octanol–water partition coefficient (Wildman–Crippen LogP) is 1.56. The van der Waals surface area contributed by atoms with Gasteiger partial charge in [0.1, 0.15) is 11.8 Å². The lowest BCUT2D eigenvalue weighted by Crippen LogP contribution is -2.32. The molecule has 0 aromatic carbocycles. The van der Waals surface area contributed by atoms with Gasteiger partial charge in [0.25, 0.3) is 5.91 Å². The first-order chi connectivity index (χ1) is 10.5. The van der Waals surface area contributed by atoms with E-state index in [4.69, 9.17) is 4.74 Å². The maximum atomic E-state index is 13.0. The van der Waals surface area contributed by atoms with Gasteiger partial charge >= 0.3 is 0 Å². The molecule has 116 valence electrons. The van der Waals surface area contributed by atoms with E-state index < -0.39 is 5.95 Å². The van der Waals surface area contributed by atoms with E-state index in [1.165, 1.54) is 6.07 Å². The second-order valence-corrected chi connectivity index (χ2v) is 5.37. The van der Waals surface area contributed by atoms with Crippen LogP contribution in [0.3, 0.4) is 0 Å². The van der Waals surface area contributed by atoms with E-state index in [0.717, 1.165) is 5.69 Å². The molecule has 6 nitrogen and oxygen atoms in total. The molecule has 0 saturated carbocycles. The van der Waals surface area contributed by atoms with Crippen molar-refractivity contribution in [1.29, 1.82) is 0 Å². The lowest BCUT2D eigenvalue weighted by molar-refractivity contribution is 0.0760. The summed E-state index contributed by atoms with van der Waals surface area (Å²) < 4.78 is 20.3. The average molecular weight is 304 g/mol. The SMILES string of the molecule is Cc1cc(C(=O)N2CCC(Oc3cccc(F)n3)C2)n(C)n1. The zero-order chi connectivity index (χ0) is 15.7. The highest BCUT2D eigenvalue weighted by Crippen LogP contribution is 2.19. The molecule has 3 heterocycles. The molecule has 1 aliphatic heterocycles. The molecule has 1 fully saturated rings. The van der Waals surface area contributed by atoms with E-state index in [2.05, 4.69) is 10.1 Å². The van der Waals surface area contributed by atoms with Crippen molar-refractivity contribution in [3.8, 4) is 5.88 Å². The zero-order valence-electron chi connectivity index (χ0n) is 12.5. The highest BCUT2D eigenvalue weighted by Gasteiger charge is 2.30. The molecular weight excluding hydrogens is 287 g/mol. The van der Waals surface area contributed by atoms with E-state index in [9.17, 15) is 9.18 Å². The number of halogens is 1. The number of nitrogens with zero attached hydrogens (tertiary/aromatic N) is 4. The summed E-state index contributed by atoms with van der Waals surface area (Å²) in [4.78, 5) is 17.9. The molecule has 7 heteroatoms. The number of aryl methyl sites for hydroxylation is 2. The van der Waals surface area contributed by atoms with Gasteiger partial charge in [-0.05, 0) is 19.1 Å². The lowest BCUT2D eigenvalue weighted by atomic mass is 10.3. The van der Waals surface area contributed by atoms with Crippen LogP contribution in [0, 0.1) is 12.9 Å². The number of rotatable bonds is 3. The molecule has 1 unspecified atom stereocenters. The minimum Gasteiger partial charge on any atom is -0.472 e. The third-order valence-electron chi connectivity index (χ3n) is 3.63. The molecule has 1 atom stereocenters. The van der Waals surface area contributed by atoms with Crippen LogP contribution in [-0.2, 0) is 7.05 Å². The first-order valence-electron chi connectivity index (χ1n) is 7.12. The van der Waals surface area contributed by atoms with E-state index in [0.29, 0.717) is 25.2 Å². The van der Waals surface area contributed by atoms with Crippen LogP contribution in [0.25, 0.3) is 0 Å². The predicted molar refractivity (Wildman–Crippen MR) is 77.1 cm³/mol. The quantitative estimate of drug-likeness (QED) is 0.807. The number of likely N-dealkylation sites (tertiary alicyclic amines) is 1. The average Bonchev–Trinajstić information content (AvgIpc) is 3.05. The molecule has 1 saturated heterocycles. The minimum absolute atomic E-state index is 0.0681. The number of hydrogen-bond acceptors (Lipinski definition) is 4. The van der Waals surface area contributed by atoms with Crippen molar-refractivity contribution in [2.75, 3.05) is 13.1 Å². The summed E-state index contributed by atoms with van der Waals surface area (Å²) in [5, 5.41) is 4.19. The normalized spacial score (nSPS) is 17.8. The van der Waals surface area contributed by atoms with E-state index >= 15 is 0 Å². The van der Waals surface area contributed by atoms with Crippen molar-refractivity contribution >= 4 is 5.91 Å². The van der Waals surface area contributed by atoms with Gasteiger partial charge in [0.05, 0.1) is 12.2 Å². The molecule has 1 aliphatic rings. The number of amides is 1. The Balaban J connectivity index is 1.65. The number of carbonyl (C=O) groups is 1. The zero-order valence-corrected chi connectivity index (χ0v) is 12.5. The van der Waals surface area contributed by atoms with Crippen molar-refractivity contribution in [3.05, 3.63) is 41.6 Å². The fourth-order valence-corrected chi connectivity index (χ4v) is 2.61. The van der Waals surface area contributed by atoms with Crippen molar-refractivity contribution in [3.63, 3.8) is 0 Å². The molecule has 0 radical (unpaired) electrons. The summed E-state index contributed by atoms with van der Waals surface area (Å²) in [5.74, 6) is -0.397. The number of carbonyl (C=O) groups excluding carboxylic acids is 1. The smallest absolute Gasteiger partial charge is 0.272 e. The Kier molecular flexibility index (Phi) is 3.79. The summed E-state index contributed by atoms with van der Waals surface area (Å²) in [6.07, 6.45) is 0.522. The van der Waals surface area contributed by atoms with Gasteiger partial charge < -0.3 is 9.64 Å². The van der Waals surface area contributed by atoms with Crippen LogP contribution in [0.15, 0.2) is 24.3 Å². The molecule has 0 aliphatic carbocycles. The van der Waals surface area contributed by atoms with Gasteiger partial charge in [-0.25, -0.2) is 0 Å². The third-order valence-corrected chi connectivity index (χ3v) is 3.63. The maximum Gasteiger partial charge on any atom is 0.272 e. The van der Waals surface area contributed by atoms with Gasteiger partial charge in [0.15, 0.2) is 0 Å². The molecule has 0 bridgehead atoms. The Morgan fingerprint density at radius 1 is 1.45 bits per heavy atom. The number of hydrogen-bond donors (Lipinski definition) is 0. The van der Waals surface area contributed by atoms with Gasteiger partial charge in [0, 0.05) is 26.1 Å². The second-order valence-electron chi connectivity index (χ2n) is 5.37. The van der Waals surface area contributed by atoms with Gasteiger partial charge in [-0.1, -0.05) is 6.07 Å². The Hall–Kier alpha value is -2.44. The van der Waals surface area contributed by atoms with Crippen LogP contribution in [0.5, 0.6) is 5.88 Å². The summed E-state index contributed by atoms with van der Waals surface area (Å²) >= 11 is 0. The number of pyridine rings is 1. The summed E-state index contributed by atoms with van der Waals surface area (Å²) in [6.45, 7) is 2.91. The standard InChI is InChI=1S/C15H17FN4O2/c1-10-8-12(19(2)18-10)15(21)20-7-6-11(9-20)22-14-5-3-4-13(16)17-14/h3-5,8,11H,6-7,9H2,1-2H3. The molecule has 2 aromatic rings. The largest absolute Gasteiger partial charge is 0.472 e. The topological polar surface area (TPSA) is 60.3 Å². The molecule has 0 spiro atoms. The Morgan fingerprint density at radius 2 is 2.27 bits per heavy atom. The van der Waals surface area contributed by atoms with Crippen LogP contribution in [-0.4, -0.2) is 44.8 Å². The van der Waals surface area contributed by atoms with Gasteiger partial charge in [-0.3, -0.25) is 9.48 Å². The van der Waals surface area contributed by atoms with Crippen LogP contribution < -0.4 is 4.74 Å². The van der Waals surface area contributed by atoms with Gasteiger partial charge in [-0.15, -0.1) is 0 Å². The van der Waals surface area contributed by atoms with Crippen molar-refractivity contribution in [1.82, 2.24) is 19.7 Å². The molecule has 3 rings (SSSR count). The number of aromatic nitrogens is 3. The van der Waals surface area contributed by atoms with Crippen LogP contribution in [0.1, 0.15) is 22.6 Å². The van der Waals surface area contributed by atoms with E-state index in [-0.39, 0.29) is 17.9 Å². The molecular formula is C15H17FN4O2. The summed E-state index contributed by atoms with van der Waals surface area (Å²) in [7, 11) is 1.75. The second kappa shape index (κ2) is 5.75. The fourth-order valence-electron chi connectivity index (χ4n) is 2.61. The number of ether oxygens (including phenoxy) is 1. The van der Waals surface area contributed by atoms with Crippen LogP contribution >= 0.6 is 0 Å². The monoisotopic (exact) mass is 304 g/mol. The molecule has 1 amide bonds. The highest BCUT2D eigenvalue weighted by atomic mass is 19.1. The van der Waals surface area contributed by atoms with Crippen LogP contribution in [0.2, 0.25) is 0 Å². The first-order valence-corrected chi connectivity index (χ1v) is 7.12. The third kappa shape index (κ3) is 2.93. The Labute approximate surface area is 127 Å². The Morgan fingerprint density at radius 3 is 2.95 bits per heavy atom. The molecule has 0 N–H and O–H groups in total. The molecule has 22 heavy (non-hydrogen) atoms.